The second-order valence-electron chi connectivity index (χ2n) is 5.42. The number of carbonyl (C=O) groups is 1. The summed E-state index contributed by atoms with van der Waals surface area (Å²) < 4.78 is 27.8. The quantitative estimate of drug-likeness (QED) is 0.710. The van der Waals surface area contributed by atoms with Crippen molar-refractivity contribution in [2.24, 2.45) is 0 Å². The monoisotopic (exact) mass is 444 g/mol. The van der Waals surface area contributed by atoms with Gasteiger partial charge in [0.1, 0.15) is 4.90 Å². The predicted octanol–water partition coefficient (Wildman–Crippen LogP) is 3.43. The van der Waals surface area contributed by atoms with E-state index in [1.165, 1.54) is 12.1 Å². The molecule has 2 aromatic carbocycles. The van der Waals surface area contributed by atoms with Gasteiger partial charge in [-0.3, -0.25) is 4.79 Å². The first kappa shape index (κ1) is 19.9. The molecule has 134 valence electrons. The number of hydrogen-bond donors (Lipinski definition) is 1. The topological polar surface area (TPSA) is 66.5 Å². The van der Waals surface area contributed by atoms with E-state index in [2.05, 4.69) is 20.7 Å². The lowest BCUT2D eigenvalue weighted by atomic mass is 10.2. The number of amides is 1. The zero-order valence-electron chi connectivity index (χ0n) is 13.6. The van der Waals surface area contributed by atoms with E-state index in [0.29, 0.717) is 6.54 Å². The molecule has 0 spiro atoms. The van der Waals surface area contributed by atoms with Crippen LogP contribution < -0.4 is 4.72 Å². The lowest BCUT2D eigenvalue weighted by Gasteiger charge is -2.18. The molecule has 0 radical (unpaired) electrons. The average Bonchev–Trinajstić information content (AvgIpc) is 2.56. The van der Waals surface area contributed by atoms with Crippen molar-refractivity contribution in [2.45, 2.75) is 17.9 Å². The molecular formula is C17H18BrClN2O3S. The van der Waals surface area contributed by atoms with E-state index >= 15 is 0 Å². The Morgan fingerprint density at radius 2 is 1.80 bits per heavy atom. The van der Waals surface area contributed by atoms with Crippen molar-refractivity contribution in [1.29, 1.82) is 0 Å². The SMILES string of the molecule is CN(Cc1ccccc1Br)C(=O)CCNS(=O)(=O)c1ccccc1Cl. The van der Waals surface area contributed by atoms with Crippen LogP contribution in [-0.2, 0) is 21.4 Å². The van der Waals surface area contributed by atoms with Crippen LogP contribution in [0.3, 0.4) is 0 Å². The smallest absolute Gasteiger partial charge is 0.242 e. The molecule has 2 rings (SSSR count). The van der Waals surface area contributed by atoms with Gasteiger partial charge in [-0.2, -0.15) is 0 Å². The fourth-order valence-electron chi connectivity index (χ4n) is 2.19. The number of halogens is 2. The highest BCUT2D eigenvalue weighted by molar-refractivity contribution is 9.10. The van der Waals surface area contributed by atoms with Crippen LogP contribution in [0.15, 0.2) is 57.9 Å². The molecule has 0 heterocycles. The molecule has 2 aromatic rings. The van der Waals surface area contributed by atoms with Gasteiger partial charge in [0.05, 0.1) is 5.02 Å². The lowest BCUT2D eigenvalue weighted by Crippen LogP contribution is -2.32. The molecule has 0 saturated carbocycles. The van der Waals surface area contributed by atoms with E-state index in [9.17, 15) is 13.2 Å². The highest BCUT2D eigenvalue weighted by Gasteiger charge is 2.18. The van der Waals surface area contributed by atoms with Crippen molar-refractivity contribution >= 4 is 43.5 Å². The van der Waals surface area contributed by atoms with Gasteiger partial charge < -0.3 is 4.90 Å². The maximum atomic E-state index is 12.2. The van der Waals surface area contributed by atoms with Crippen LogP contribution in [0, 0.1) is 0 Å². The fraction of sp³-hybridized carbons (Fsp3) is 0.235. The number of nitrogens with zero attached hydrogens (tertiary/aromatic N) is 1. The van der Waals surface area contributed by atoms with Crippen LogP contribution in [-0.4, -0.2) is 32.8 Å². The Morgan fingerprint density at radius 3 is 2.48 bits per heavy atom. The van der Waals surface area contributed by atoms with Crippen LogP contribution in [0.4, 0.5) is 0 Å². The third-order valence-corrected chi connectivity index (χ3v) is 6.28. The van der Waals surface area contributed by atoms with Gasteiger partial charge in [0.15, 0.2) is 0 Å². The molecule has 25 heavy (non-hydrogen) atoms. The number of benzene rings is 2. The van der Waals surface area contributed by atoms with Gasteiger partial charge in [0, 0.05) is 31.0 Å². The van der Waals surface area contributed by atoms with Crippen LogP contribution in [0.2, 0.25) is 5.02 Å². The van der Waals surface area contributed by atoms with E-state index in [-0.39, 0.29) is 28.8 Å². The normalized spacial score (nSPS) is 11.3. The zero-order valence-corrected chi connectivity index (χ0v) is 16.7. The molecule has 0 saturated heterocycles. The van der Waals surface area contributed by atoms with Gasteiger partial charge in [-0.25, -0.2) is 13.1 Å². The number of hydrogen-bond acceptors (Lipinski definition) is 3. The summed E-state index contributed by atoms with van der Waals surface area (Å²) in [5.74, 6) is -0.155. The summed E-state index contributed by atoms with van der Waals surface area (Å²) in [6.45, 7) is 0.449. The van der Waals surface area contributed by atoms with Crippen molar-refractivity contribution in [3.8, 4) is 0 Å². The van der Waals surface area contributed by atoms with Crippen LogP contribution in [0.5, 0.6) is 0 Å². The van der Waals surface area contributed by atoms with Crippen LogP contribution in [0.25, 0.3) is 0 Å². The van der Waals surface area contributed by atoms with Crippen molar-refractivity contribution < 1.29 is 13.2 Å². The maximum absolute atomic E-state index is 12.2. The molecule has 8 heteroatoms. The molecule has 0 bridgehead atoms. The maximum Gasteiger partial charge on any atom is 0.242 e. The molecule has 0 aliphatic heterocycles. The summed E-state index contributed by atoms with van der Waals surface area (Å²) in [4.78, 5) is 13.8. The Kier molecular flexibility index (Phi) is 7.01. The first-order valence-electron chi connectivity index (χ1n) is 7.53. The first-order valence-corrected chi connectivity index (χ1v) is 10.2. The van der Waals surface area contributed by atoms with Crippen LogP contribution >= 0.6 is 27.5 Å². The minimum absolute atomic E-state index is 0.00527. The molecule has 0 aromatic heterocycles. The molecule has 5 nitrogen and oxygen atoms in total. The summed E-state index contributed by atoms with van der Waals surface area (Å²) in [5.41, 5.74) is 0.981. The Labute approximate surface area is 161 Å². The second kappa shape index (κ2) is 8.80. The largest absolute Gasteiger partial charge is 0.341 e. The van der Waals surface area contributed by atoms with Gasteiger partial charge in [-0.1, -0.05) is 57.9 Å². The molecule has 1 N–H and O–H groups in total. The third kappa shape index (κ3) is 5.54. The summed E-state index contributed by atoms with van der Waals surface area (Å²) >= 11 is 9.35. The van der Waals surface area contributed by atoms with Gasteiger partial charge in [-0.15, -0.1) is 0 Å². The standard InChI is InChI=1S/C17H18BrClN2O3S/c1-21(12-13-6-2-3-7-14(13)18)17(22)10-11-20-25(23,24)16-9-5-4-8-15(16)19/h2-9,20H,10-12H2,1H3. The highest BCUT2D eigenvalue weighted by atomic mass is 79.9. The second-order valence-corrected chi connectivity index (χ2v) is 8.42. The van der Waals surface area contributed by atoms with Gasteiger partial charge >= 0.3 is 0 Å². The molecule has 0 aliphatic carbocycles. The van der Waals surface area contributed by atoms with Gasteiger partial charge in [0.2, 0.25) is 15.9 Å². The van der Waals surface area contributed by atoms with Gasteiger partial charge in [-0.05, 0) is 23.8 Å². The fourth-order valence-corrected chi connectivity index (χ4v) is 4.15. The van der Waals surface area contributed by atoms with Crippen molar-refractivity contribution in [3.05, 3.63) is 63.6 Å². The van der Waals surface area contributed by atoms with E-state index in [4.69, 9.17) is 11.6 Å². The van der Waals surface area contributed by atoms with Gasteiger partial charge in [0.25, 0.3) is 0 Å². The first-order chi connectivity index (χ1) is 11.8. The highest BCUT2D eigenvalue weighted by Crippen LogP contribution is 2.20. The Hall–Kier alpha value is -1.41. The summed E-state index contributed by atoms with van der Waals surface area (Å²) in [6.07, 6.45) is 0.0602. The molecule has 0 atom stereocenters. The van der Waals surface area contributed by atoms with E-state index in [1.807, 2.05) is 24.3 Å². The molecule has 0 unspecified atom stereocenters. The summed E-state index contributed by atoms with van der Waals surface area (Å²) in [6, 6.07) is 13.8. The number of sulfonamides is 1. The molecular weight excluding hydrogens is 428 g/mol. The summed E-state index contributed by atoms with van der Waals surface area (Å²) in [7, 11) is -2.05. The van der Waals surface area contributed by atoms with Crippen LogP contribution in [0.1, 0.15) is 12.0 Å². The zero-order chi connectivity index (χ0) is 18.4. The Balaban J connectivity index is 1.90. The summed E-state index contributed by atoms with van der Waals surface area (Å²) in [5, 5.41) is 0.146. The predicted molar refractivity (Wildman–Crippen MR) is 102 cm³/mol. The molecule has 0 fully saturated rings. The van der Waals surface area contributed by atoms with E-state index in [0.717, 1.165) is 10.0 Å². The minimum atomic E-state index is -3.74. The van der Waals surface area contributed by atoms with E-state index < -0.39 is 10.0 Å². The number of nitrogens with one attached hydrogen (secondary N) is 1. The number of carbonyl (C=O) groups excluding carboxylic acids is 1. The lowest BCUT2D eigenvalue weighted by molar-refractivity contribution is -0.130. The van der Waals surface area contributed by atoms with Crippen molar-refractivity contribution in [1.82, 2.24) is 9.62 Å². The number of rotatable bonds is 7. The third-order valence-electron chi connectivity index (χ3n) is 3.55. The van der Waals surface area contributed by atoms with Crippen molar-refractivity contribution in [3.63, 3.8) is 0 Å². The van der Waals surface area contributed by atoms with Crippen molar-refractivity contribution in [2.75, 3.05) is 13.6 Å². The Morgan fingerprint density at radius 1 is 1.16 bits per heavy atom. The molecule has 0 aliphatic rings. The Bertz CT molecular complexity index is 858. The minimum Gasteiger partial charge on any atom is -0.341 e. The average molecular weight is 446 g/mol. The molecule has 1 amide bonds. The van der Waals surface area contributed by atoms with E-state index in [1.54, 1.807) is 24.1 Å².